The second-order valence-electron chi connectivity index (χ2n) is 4.95. The van der Waals surface area contributed by atoms with Crippen LogP contribution < -0.4 is 0 Å². The van der Waals surface area contributed by atoms with Gasteiger partial charge in [0.1, 0.15) is 34.9 Å². The molecule has 0 unspecified atom stereocenters. The van der Waals surface area contributed by atoms with Crippen LogP contribution in [0.25, 0.3) is 0 Å². The van der Waals surface area contributed by atoms with Crippen LogP contribution in [-0.4, -0.2) is 81.2 Å². The second-order valence-corrected chi connectivity index (χ2v) is 7.87. The molecule has 5 N–H and O–H groups in total. The number of aliphatic hydroxyl groups is 4. The van der Waals surface area contributed by atoms with E-state index in [1.165, 1.54) is 11.8 Å². The number of aliphatic hydroxyl groups excluding tert-OH is 4. The molecule has 25 heavy (non-hydrogen) atoms. The van der Waals surface area contributed by atoms with Crippen LogP contribution in [0.1, 0.15) is 12.8 Å². The van der Waals surface area contributed by atoms with Crippen LogP contribution in [0.2, 0.25) is 0 Å². The average molecular weight is 419 g/mol. The number of hydrogen-bond acceptors (Lipinski definition) is 11. The first-order valence-electron chi connectivity index (χ1n) is 7.07. The van der Waals surface area contributed by atoms with Gasteiger partial charge in [-0.3, -0.25) is 4.55 Å². The minimum Gasteiger partial charge on any atom is -0.394 e. The monoisotopic (exact) mass is 419 g/mol. The first kappa shape index (κ1) is 22.7. The first-order chi connectivity index (χ1) is 11.7. The van der Waals surface area contributed by atoms with Crippen LogP contribution in [0.3, 0.4) is 0 Å². The molecule has 0 aromatic rings. The van der Waals surface area contributed by atoms with Crippen LogP contribution in [0.15, 0.2) is 16.6 Å². The molecule has 1 saturated heterocycles. The van der Waals surface area contributed by atoms with Crippen LogP contribution >= 0.6 is 23.5 Å². The summed E-state index contributed by atoms with van der Waals surface area (Å²) < 4.78 is 39.3. The van der Waals surface area contributed by atoms with Crippen molar-refractivity contribution in [2.45, 2.75) is 42.7 Å². The number of thioether (sulfide) groups is 2. The van der Waals surface area contributed by atoms with Crippen molar-refractivity contribution in [3.63, 3.8) is 0 Å². The van der Waals surface area contributed by atoms with E-state index in [1.807, 2.05) is 6.26 Å². The molecule has 0 amide bonds. The average Bonchev–Trinajstić information content (AvgIpc) is 2.55. The van der Waals surface area contributed by atoms with Crippen molar-refractivity contribution in [1.29, 1.82) is 0 Å². The maximum Gasteiger partial charge on any atom is 0.466 e. The topological polar surface area (TPSA) is 166 Å². The third-order valence-corrected chi connectivity index (χ3v) is 4.99. The predicted octanol–water partition coefficient (Wildman–Crippen LogP) is -0.691. The highest BCUT2D eigenvalue weighted by Gasteiger charge is 2.44. The van der Waals surface area contributed by atoms with Gasteiger partial charge in [-0.2, -0.15) is 8.42 Å². The Balaban J connectivity index is 2.85. The Hall–Kier alpha value is -0.380. The van der Waals surface area contributed by atoms with Crippen LogP contribution in [0.4, 0.5) is 0 Å². The third kappa shape index (κ3) is 7.80. The van der Waals surface area contributed by atoms with E-state index in [0.717, 1.165) is 11.8 Å². The minimum atomic E-state index is -4.80. The minimum absolute atomic E-state index is 0.0627. The molecule has 0 aromatic carbocycles. The molecule has 0 radical (unpaired) electrons. The summed E-state index contributed by atoms with van der Waals surface area (Å²) in [6, 6.07) is 0. The van der Waals surface area contributed by atoms with Gasteiger partial charge < -0.3 is 25.2 Å². The van der Waals surface area contributed by atoms with Crippen LogP contribution in [0, 0.1) is 0 Å². The van der Waals surface area contributed by atoms with Crippen LogP contribution in [0.5, 0.6) is 0 Å². The van der Waals surface area contributed by atoms with E-state index in [9.17, 15) is 23.7 Å². The lowest BCUT2D eigenvalue weighted by Gasteiger charge is -2.39. The number of allylic oxidation sites excluding steroid dienone is 1. The molecule has 1 rings (SSSR count). The SMILES string of the molecule is CSC=CCCC(=NOS(=O)(=O)O)S[C@@H]1O[C@H](CO)[C@@H](O)[C@H](O)[C@H]1O. The van der Waals surface area contributed by atoms with Crippen LogP contribution in [-0.2, 0) is 19.4 Å². The Morgan fingerprint density at radius 1 is 1.28 bits per heavy atom. The van der Waals surface area contributed by atoms with Crippen molar-refractivity contribution in [3.8, 4) is 0 Å². The van der Waals surface area contributed by atoms with E-state index < -0.39 is 46.9 Å². The lowest BCUT2D eigenvalue weighted by Crippen LogP contribution is -2.57. The lowest BCUT2D eigenvalue weighted by molar-refractivity contribution is -0.205. The summed E-state index contributed by atoms with van der Waals surface area (Å²) in [7, 11) is -4.80. The summed E-state index contributed by atoms with van der Waals surface area (Å²) in [5.41, 5.74) is -1.14. The molecule has 0 spiro atoms. The Kier molecular flexibility index (Phi) is 9.69. The highest BCUT2D eigenvalue weighted by Crippen LogP contribution is 2.30. The molecule has 0 bridgehead atoms. The van der Waals surface area contributed by atoms with E-state index in [0.29, 0.717) is 6.42 Å². The molecule has 1 aliphatic rings. The fourth-order valence-corrected chi connectivity index (χ4v) is 3.53. The summed E-state index contributed by atoms with van der Waals surface area (Å²) in [4.78, 5) is 0. The summed E-state index contributed by atoms with van der Waals surface area (Å²) in [5.74, 6) is 0. The van der Waals surface area contributed by atoms with Gasteiger partial charge in [0.15, 0.2) is 0 Å². The highest BCUT2D eigenvalue weighted by molar-refractivity contribution is 8.14. The Bertz CT molecular complexity index is 566. The second kappa shape index (κ2) is 10.7. The van der Waals surface area contributed by atoms with Crippen molar-refractivity contribution in [2.24, 2.45) is 5.16 Å². The van der Waals surface area contributed by atoms with E-state index in [-0.39, 0.29) is 11.5 Å². The molecule has 5 atom stereocenters. The molecule has 1 fully saturated rings. The number of oxime groups is 1. The van der Waals surface area contributed by atoms with Gasteiger partial charge in [0.05, 0.1) is 6.61 Å². The molecule has 1 aliphatic heterocycles. The fraction of sp³-hybridized carbons (Fsp3) is 0.750. The van der Waals surface area contributed by atoms with Gasteiger partial charge in [-0.25, -0.2) is 4.28 Å². The Morgan fingerprint density at radius 3 is 2.52 bits per heavy atom. The highest BCUT2D eigenvalue weighted by atomic mass is 32.3. The van der Waals surface area contributed by atoms with Crippen molar-refractivity contribution in [2.75, 3.05) is 12.9 Å². The summed E-state index contributed by atoms with van der Waals surface area (Å²) in [5, 5.41) is 43.8. The molecule has 1 heterocycles. The molecule has 10 nitrogen and oxygen atoms in total. The largest absolute Gasteiger partial charge is 0.466 e. The maximum atomic E-state index is 10.7. The normalized spacial score (nSPS) is 31.4. The zero-order chi connectivity index (χ0) is 19.0. The zero-order valence-electron chi connectivity index (χ0n) is 13.2. The van der Waals surface area contributed by atoms with Gasteiger partial charge in [0.25, 0.3) is 0 Å². The summed E-state index contributed by atoms with van der Waals surface area (Å²) >= 11 is 2.21. The summed E-state index contributed by atoms with van der Waals surface area (Å²) in [6.07, 6.45) is -1.38. The first-order valence-corrected chi connectivity index (χ1v) is 10.6. The standard InChI is InChI=1S/C12H21NO9S3/c1-23-5-3-2-4-8(13-22-25(18,19)20)24-12-11(17)10(16)9(15)7(6-14)21-12/h3,5,7,9-12,14-17H,2,4,6H2,1H3,(H,18,19,20)/t7-,9-,10+,11-,12+/m1/s1. The van der Waals surface area contributed by atoms with Crippen molar-refractivity contribution in [3.05, 3.63) is 11.5 Å². The van der Waals surface area contributed by atoms with Gasteiger partial charge in [0, 0.05) is 6.42 Å². The number of ether oxygens (including phenoxy) is 1. The molecular formula is C12H21NO9S3. The maximum absolute atomic E-state index is 10.7. The van der Waals surface area contributed by atoms with Crippen molar-refractivity contribution in [1.82, 2.24) is 0 Å². The molecule has 0 aliphatic carbocycles. The fourth-order valence-electron chi connectivity index (χ4n) is 1.88. The zero-order valence-corrected chi connectivity index (χ0v) is 15.7. The van der Waals surface area contributed by atoms with E-state index in [4.69, 9.17) is 14.4 Å². The molecule has 0 aromatic heterocycles. The molecule has 146 valence electrons. The third-order valence-electron chi connectivity index (χ3n) is 3.09. The van der Waals surface area contributed by atoms with Crippen molar-refractivity contribution < 1.29 is 42.4 Å². The van der Waals surface area contributed by atoms with E-state index >= 15 is 0 Å². The van der Waals surface area contributed by atoms with Gasteiger partial charge >= 0.3 is 10.4 Å². The quantitative estimate of drug-likeness (QED) is 0.146. The smallest absolute Gasteiger partial charge is 0.394 e. The van der Waals surface area contributed by atoms with Gasteiger partial charge in [-0.15, -0.1) is 11.8 Å². The van der Waals surface area contributed by atoms with Gasteiger partial charge in [-0.1, -0.05) is 23.0 Å². The van der Waals surface area contributed by atoms with E-state index in [2.05, 4.69) is 9.44 Å². The number of hydrogen-bond donors (Lipinski definition) is 5. The van der Waals surface area contributed by atoms with E-state index in [1.54, 1.807) is 11.5 Å². The molecule has 13 heteroatoms. The summed E-state index contributed by atoms with van der Waals surface area (Å²) in [6.45, 7) is -0.591. The van der Waals surface area contributed by atoms with Gasteiger partial charge in [0.2, 0.25) is 0 Å². The number of nitrogens with zero attached hydrogens (tertiary/aromatic N) is 1. The Morgan fingerprint density at radius 2 is 1.96 bits per heavy atom. The Labute approximate surface area is 153 Å². The predicted molar refractivity (Wildman–Crippen MR) is 93.3 cm³/mol. The lowest BCUT2D eigenvalue weighted by atomic mass is 10.0. The van der Waals surface area contributed by atoms with Gasteiger partial charge in [-0.05, 0) is 18.1 Å². The van der Waals surface area contributed by atoms with Crippen molar-refractivity contribution >= 4 is 39.0 Å². The number of rotatable bonds is 8. The molecular weight excluding hydrogens is 398 g/mol. The molecule has 0 saturated carbocycles.